The number of β-amino-alcohol motifs (C(OH)–C–C–N with tert-alkyl or cyclic N) is 1. The van der Waals surface area contributed by atoms with Crippen LogP contribution in [0.5, 0.6) is 11.8 Å². The molecule has 0 saturated carbocycles. The highest BCUT2D eigenvalue weighted by Crippen LogP contribution is 2.29. The summed E-state index contributed by atoms with van der Waals surface area (Å²) in [5, 5.41) is 10.3. The number of aliphatic hydroxyl groups excluding tert-OH is 1. The van der Waals surface area contributed by atoms with E-state index in [1.807, 2.05) is 24.3 Å². The van der Waals surface area contributed by atoms with Gasteiger partial charge in [-0.25, -0.2) is 0 Å². The molecule has 0 spiro atoms. The Morgan fingerprint density at radius 2 is 2.00 bits per heavy atom. The molecule has 0 fully saturated rings. The molecule has 6 nitrogen and oxygen atoms in total. The molecule has 1 aliphatic heterocycles. The summed E-state index contributed by atoms with van der Waals surface area (Å²) in [5.41, 5.74) is 2.16. The number of ether oxygens (including phenoxy) is 2. The van der Waals surface area contributed by atoms with Crippen LogP contribution in [-0.2, 0) is 6.54 Å². The van der Waals surface area contributed by atoms with Crippen LogP contribution in [0.3, 0.4) is 0 Å². The number of amides is 1. The third-order valence-electron chi connectivity index (χ3n) is 3.92. The number of aliphatic hydroxyl groups is 1. The van der Waals surface area contributed by atoms with Crippen molar-refractivity contribution in [1.82, 2.24) is 9.88 Å². The van der Waals surface area contributed by atoms with Crippen LogP contribution < -0.4 is 9.47 Å². The summed E-state index contributed by atoms with van der Waals surface area (Å²) >= 11 is 0. The summed E-state index contributed by atoms with van der Waals surface area (Å²) in [6, 6.07) is 10.8. The summed E-state index contributed by atoms with van der Waals surface area (Å²) in [6.07, 6.45) is -0.693. The van der Waals surface area contributed by atoms with Gasteiger partial charge in [0.05, 0.1) is 26.9 Å². The molecule has 0 bridgehead atoms. The van der Waals surface area contributed by atoms with E-state index in [2.05, 4.69) is 4.98 Å². The first kappa shape index (κ1) is 15.3. The number of aromatic nitrogens is 1. The number of pyridine rings is 1. The molecule has 2 aromatic rings. The molecule has 0 radical (unpaired) electrons. The number of rotatable bonds is 3. The maximum atomic E-state index is 12.8. The first-order chi connectivity index (χ1) is 11.1. The average molecular weight is 314 g/mol. The van der Waals surface area contributed by atoms with E-state index in [9.17, 15) is 9.90 Å². The molecule has 1 aromatic heterocycles. The highest BCUT2D eigenvalue weighted by molar-refractivity contribution is 5.96. The van der Waals surface area contributed by atoms with Gasteiger partial charge in [0, 0.05) is 12.6 Å². The largest absolute Gasteiger partial charge is 0.481 e. The molecule has 120 valence electrons. The summed E-state index contributed by atoms with van der Waals surface area (Å²) < 4.78 is 10.2. The van der Waals surface area contributed by atoms with Crippen LogP contribution in [0.2, 0.25) is 0 Å². The maximum absolute atomic E-state index is 12.8. The fraction of sp³-hybridized carbons (Fsp3) is 0.294. The first-order valence-corrected chi connectivity index (χ1v) is 7.28. The van der Waals surface area contributed by atoms with Gasteiger partial charge < -0.3 is 19.5 Å². The van der Waals surface area contributed by atoms with Gasteiger partial charge in [0.25, 0.3) is 5.91 Å². The predicted molar refractivity (Wildman–Crippen MR) is 83.5 cm³/mol. The van der Waals surface area contributed by atoms with Crippen molar-refractivity contribution in [2.45, 2.75) is 12.6 Å². The summed E-state index contributed by atoms with van der Waals surface area (Å²) in [7, 11) is 2.96. The van der Waals surface area contributed by atoms with Crippen molar-refractivity contribution < 1.29 is 19.4 Å². The first-order valence-electron chi connectivity index (χ1n) is 7.28. The van der Waals surface area contributed by atoms with Crippen LogP contribution in [0.25, 0.3) is 0 Å². The number of nitrogens with zero attached hydrogens (tertiary/aromatic N) is 2. The maximum Gasteiger partial charge on any atom is 0.259 e. The Labute approximate surface area is 134 Å². The van der Waals surface area contributed by atoms with Gasteiger partial charge in [-0.3, -0.25) is 4.79 Å². The van der Waals surface area contributed by atoms with E-state index >= 15 is 0 Å². The zero-order valence-corrected chi connectivity index (χ0v) is 13.0. The van der Waals surface area contributed by atoms with Gasteiger partial charge in [-0.1, -0.05) is 24.3 Å². The Kier molecular flexibility index (Phi) is 4.16. The Morgan fingerprint density at radius 3 is 2.74 bits per heavy atom. The topological polar surface area (TPSA) is 71.9 Å². The predicted octanol–water partition coefficient (Wildman–Crippen LogP) is 1.79. The third-order valence-corrected chi connectivity index (χ3v) is 3.92. The summed E-state index contributed by atoms with van der Waals surface area (Å²) in [5.74, 6) is 0.357. The lowest BCUT2D eigenvalue weighted by Gasteiger charge is -2.32. The number of carbonyl (C=O) groups is 1. The van der Waals surface area contributed by atoms with E-state index in [-0.39, 0.29) is 18.3 Å². The lowest BCUT2D eigenvalue weighted by molar-refractivity contribution is 0.0546. The monoisotopic (exact) mass is 314 g/mol. The minimum atomic E-state index is -0.693. The normalized spacial score (nSPS) is 16.7. The van der Waals surface area contributed by atoms with Crippen molar-refractivity contribution in [3.05, 3.63) is 53.1 Å². The zero-order chi connectivity index (χ0) is 16.4. The van der Waals surface area contributed by atoms with E-state index < -0.39 is 6.10 Å². The minimum absolute atomic E-state index is 0.211. The second kappa shape index (κ2) is 6.26. The molecule has 6 heteroatoms. The molecule has 1 unspecified atom stereocenters. The molecule has 0 aliphatic carbocycles. The standard InChI is InChI=1S/C17H18N2O4/c1-22-15-8-7-13(16(18-15)23-2)17(21)19-9-11-5-3-4-6-12(11)14(20)10-19/h3-8,14,20H,9-10H2,1-2H3. The Balaban J connectivity index is 1.90. The smallest absolute Gasteiger partial charge is 0.259 e. The van der Waals surface area contributed by atoms with Crippen LogP contribution in [0.15, 0.2) is 36.4 Å². The second-order valence-corrected chi connectivity index (χ2v) is 5.31. The van der Waals surface area contributed by atoms with Crippen molar-refractivity contribution in [2.75, 3.05) is 20.8 Å². The van der Waals surface area contributed by atoms with Crippen molar-refractivity contribution >= 4 is 5.91 Å². The number of hydrogen-bond donors (Lipinski definition) is 1. The summed E-state index contributed by atoms with van der Waals surface area (Å²) in [4.78, 5) is 18.5. The number of hydrogen-bond acceptors (Lipinski definition) is 5. The van der Waals surface area contributed by atoms with Gasteiger partial charge in [0.15, 0.2) is 0 Å². The van der Waals surface area contributed by atoms with E-state index in [4.69, 9.17) is 9.47 Å². The molecule has 2 heterocycles. The van der Waals surface area contributed by atoms with Crippen LogP contribution in [0.4, 0.5) is 0 Å². The van der Waals surface area contributed by atoms with E-state index in [1.165, 1.54) is 14.2 Å². The highest BCUT2D eigenvalue weighted by atomic mass is 16.5. The third kappa shape index (κ3) is 2.85. The van der Waals surface area contributed by atoms with Crippen LogP contribution in [-0.4, -0.2) is 41.7 Å². The Bertz CT molecular complexity index is 732. The van der Waals surface area contributed by atoms with Crippen LogP contribution in [0.1, 0.15) is 27.6 Å². The van der Waals surface area contributed by atoms with Gasteiger partial charge in [0.1, 0.15) is 5.56 Å². The van der Waals surface area contributed by atoms with E-state index in [0.717, 1.165) is 11.1 Å². The fourth-order valence-electron chi connectivity index (χ4n) is 2.76. The van der Waals surface area contributed by atoms with Crippen LogP contribution in [0, 0.1) is 0 Å². The Morgan fingerprint density at radius 1 is 1.22 bits per heavy atom. The van der Waals surface area contributed by atoms with Gasteiger partial charge in [0.2, 0.25) is 11.8 Å². The number of methoxy groups -OCH3 is 2. The van der Waals surface area contributed by atoms with Crippen molar-refractivity contribution in [3.8, 4) is 11.8 Å². The second-order valence-electron chi connectivity index (χ2n) is 5.31. The summed E-state index contributed by atoms with van der Waals surface area (Å²) in [6.45, 7) is 0.687. The minimum Gasteiger partial charge on any atom is -0.481 e. The average Bonchev–Trinajstić information content (AvgIpc) is 2.60. The molecular weight excluding hydrogens is 296 g/mol. The molecule has 3 rings (SSSR count). The molecule has 23 heavy (non-hydrogen) atoms. The number of fused-ring (bicyclic) bond motifs is 1. The highest BCUT2D eigenvalue weighted by Gasteiger charge is 2.29. The molecule has 0 saturated heterocycles. The number of benzene rings is 1. The molecule has 1 amide bonds. The molecular formula is C17H18N2O4. The van der Waals surface area contributed by atoms with E-state index in [1.54, 1.807) is 17.0 Å². The fourth-order valence-corrected chi connectivity index (χ4v) is 2.76. The van der Waals surface area contributed by atoms with Gasteiger partial charge >= 0.3 is 0 Å². The van der Waals surface area contributed by atoms with Crippen molar-refractivity contribution in [2.24, 2.45) is 0 Å². The van der Waals surface area contributed by atoms with Gasteiger partial charge in [-0.2, -0.15) is 4.98 Å². The van der Waals surface area contributed by atoms with Crippen molar-refractivity contribution in [1.29, 1.82) is 0 Å². The zero-order valence-electron chi connectivity index (χ0n) is 13.0. The Hall–Kier alpha value is -2.60. The van der Waals surface area contributed by atoms with Crippen molar-refractivity contribution in [3.63, 3.8) is 0 Å². The molecule has 1 aliphatic rings. The lowest BCUT2D eigenvalue weighted by atomic mass is 9.97. The van der Waals surface area contributed by atoms with Gasteiger partial charge in [-0.15, -0.1) is 0 Å². The molecule has 1 atom stereocenters. The lowest BCUT2D eigenvalue weighted by Crippen LogP contribution is -2.38. The SMILES string of the molecule is COc1ccc(C(=O)N2Cc3ccccc3C(O)C2)c(OC)n1. The molecule has 1 aromatic carbocycles. The van der Waals surface area contributed by atoms with Gasteiger partial charge in [-0.05, 0) is 17.2 Å². The number of carbonyl (C=O) groups excluding carboxylic acids is 1. The quantitative estimate of drug-likeness (QED) is 0.935. The van der Waals surface area contributed by atoms with Crippen LogP contribution >= 0.6 is 0 Å². The van der Waals surface area contributed by atoms with E-state index in [0.29, 0.717) is 18.0 Å². The molecule has 1 N–H and O–H groups in total.